The molecule has 0 spiro atoms. The van der Waals surface area contributed by atoms with Crippen LogP contribution in [0.25, 0.3) is 0 Å². The summed E-state index contributed by atoms with van der Waals surface area (Å²) in [5.74, 6) is -2.84. The predicted molar refractivity (Wildman–Crippen MR) is 86.1 cm³/mol. The first-order valence-corrected chi connectivity index (χ1v) is 7.62. The molecule has 2 aromatic rings. The maximum Gasteiger partial charge on any atom is 0.256 e. The second kappa shape index (κ2) is 6.72. The Morgan fingerprint density at radius 1 is 1.16 bits per heavy atom. The van der Waals surface area contributed by atoms with E-state index in [0.29, 0.717) is 11.3 Å². The van der Waals surface area contributed by atoms with Gasteiger partial charge >= 0.3 is 0 Å². The van der Waals surface area contributed by atoms with Crippen LogP contribution in [0.1, 0.15) is 12.0 Å². The Balaban J connectivity index is 1.74. The summed E-state index contributed by atoms with van der Waals surface area (Å²) in [5.41, 5.74) is 1.06. The van der Waals surface area contributed by atoms with Gasteiger partial charge in [-0.3, -0.25) is 9.59 Å². The Bertz CT molecular complexity index is 835. The summed E-state index contributed by atoms with van der Waals surface area (Å²) < 4.78 is 13.9. The lowest BCUT2D eigenvalue weighted by Gasteiger charge is -2.16. The third-order valence-corrected chi connectivity index (χ3v) is 3.88. The number of halogens is 1. The van der Waals surface area contributed by atoms with Crippen molar-refractivity contribution in [1.29, 1.82) is 0 Å². The average Bonchev–Trinajstić information content (AvgIpc) is 2.83. The predicted octanol–water partition coefficient (Wildman–Crippen LogP) is 0.862. The zero-order valence-corrected chi connectivity index (χ0v) is 13.1. The molecule has 6 nitrogen and oxygen atoms in total. The van der Waals surface area contributed by atoms with E-state index in [9.17, 15) is 23.9 Å². The molecule has 1 fully saturated rings. The second-order valence-corrected chi connectivity index (χ2v) is 5.67. The number of imide groups is 1. The van der Waals surface area contributed by atoms with Gasteiger partial charge in [0.2, 0.25) is 5.91 Å². The van der Waals surface area contributed by atoms with E-state index in [1.54, 1.807) is 30.3 Å². The van der Waals surface area contributed by atoms with Gasteiger partial charge in [0.25, 0.3) is 5.91 Å². The lowest BCUT2D eigenvalue weighted by atomic mass is 10.1. The van der Waals surface area contributed by atoms with Gasteiger partial charge in [0.1, 0.15) is 11.9 Å². The lowest BCUT2D eigenvalue weighted by molar-refractivity contribution is -0.304. The Labute approximate surface area is 142 Å². The number of carbonyl (C=O) groups excluding carboxylic acids is 3. The summed E-state index contributed by atoms with van der Waals surface area (Å²) in [6, 6.07) is 11.2. The number of nitrogens with one attached hydrogen (secondary N) is 1. The number of carbonyl (C=O) groups is 3. The van der Waals surface area contributed by atoms with Crippen molar-refractivity contribution < 1.29 is 23.9 Å². The molecule has 0 unspecified atom stereocenters. The number of amides is 2. The Morgan fingerprint density at radius 3 is 2.48 bits per heavy atom. The molecular formula is C18H14FN2O4-. The van der Waals surface area contributed by atoms with Crippen molar-refractivity contribution in [1.82, 2.24) is 0 Å². The Kier molecular flexibility index (Phi) is 4.47. The minimum absolute atomic E-state index is 0.0638. The molecule has 7 heteroatoms. The van der Waals surface area contributed by atoms with Gasteiger partial charge < -0.3 is 15.2 Å². The van der Waals surface area contributed by atoms with Gasteiger partial charge in [0, 0.05) is 18.1 Å². The first-order chi connectivity index (χ1) is 12.0. The standard InChI is InChI=1S/C18H15FN2O4/c19-13-3-1-2-4-15(13)21-16(22)10-14(18(21)25)20-12-7-5-11(6-8-12)9-17(23)24/h1-8,14,20H,9-10H2,(H,23,24)/p-1/t14-/m1/s1. The molecule has 0 bridgehead atoms. The number of anilines is 2. The number of benzene rings is 2. The molecule has 25 heavy (non-hydrogen) atoms. The van der Waals surface area contributed by atoms with Crippen LogP contribution >= 0.6 is 0 Å². The normalized spacial score (nSPS) is 17.0. The summed E-state index contributed by atoms with van der Waals surface area (Å²) in [7, 11) is 0. The smallest absolute Gasteiger partial charge is 0.256 e. The van der Waals surface area contributed by atoms with E-state index >= 15 is 0 Å². The number of nitrogens with zero attached hydrogens (tertiary/aromatic N) is 1. The molecule has 1 N–H and O–H groups in total. The van der Waals surface area contributed by atoms with Gasteiger partial charge in [-0.25, -0.2) is 9.29 Å². The monoisotopic (exact) mass is 341 g/mol. The average molecular weight is 341 g/mol. The highest BCUT2D eigenvalue weighted by atomic mass is 19.1. The van der Waals surface area contributed by atoms with Crippen LogP contribution in [0.4, 0.5) is 15.8 Å². The molecule has 128 valence electrons. The van der Waals surface area contributed by atoms with E-state index in [0.717, 1.165) is 4.90 Å². The van der Waals surface area contributed by atoms with Crippen LogP contribution < -0.4 is 15.3 Å². The van der Waals surface area contributed by atoms with Crippen LogP contribution in [0.3, 0.4) is 0 Å². The topological polar surface area (TPSA) is 89.5 Å². The lowest BCUT2D eigenvalue weighted by Crippen LogP contribution is -2.35. The van der Waals surface area contributed by atoms with Crippen LogP contribution in [-0.2, 0) is 20.8 Å². The van der Waals surface area contributed by atoms with Gasteiger partial charge in [0.05, 0.1) is 12.1 Å². The van der Waals surface area contributed by atoms with Crippen LogP contribution in [-0.4, -0.2) is 23.8 Å². The number of rotatable bonds is 5. The molecule has 1 atom stereocenters. The van der Waals surface area contributed by atoms with Crippen LogP contribution in [0, 0.1) is 5.82 Å². The Hall–Kier alpha value is -3.22. The van der Waals surface area contributed by atoms with E-state index in [1.807, 2.05) is 0 Å². The molecule has 0 aromatic heterocycles. The number of para-hydroxylation sites is 1. The minimum atomic E-state index is -1.18. The molecule has 1 aliphatic rings. The third-order valence-electron chi connectivity index (χ3n) is 3.88. The summed E-state index contributed by atoms with van der Waals surface area (Å²) in [6.07, 6.45) is -0.295. The summed E-state index contributed by atoms with van der Waals surface area (Å²) in [6.45, 7) is 0. The molecular weight excluding hydrogens is 327 g/mol. The molecule has 1 saturated heterocycles. The number of hydrogen-bond acceptors (Lipinski definition) is 5. The van der Waals surface area contributed by atoms with Crippen LogP contribution in [0.5, 0.6) is 0 Å². The van der Waals surface area contributed by atoms with Gasteiger partial charge in [-0.05, 0) is 29.8 Å². The van der Waals surface area contributed by atoms with E-state index < -0.39 is 29.6 Å². The molecule has 0 aliphatic carbocycles. The van der Waals surface area contributed by atoms with E-state index in [2.05, 4.69) is 5.32 Å². The highest BCUT2D eigenvalue weighted by Gasteiger charge is 2.40. The van der Waals surface area contributed by atoms with Crippen molar-refractivity contribution in [2.24, 2.45) is 0 Å². The Morgan fingerprint density at radius 2 is 1.84 bits per heavy atom. The van der Waals surface area contributed by atoms with Crippen molar-refractivity contribution in [3.63, 3.8) is 0 Å². The highest BCUT2D eigenvalue weighted by molar-refractivity contribution is 6.23. The summed E-state index contributed by atoms with van der Waals surface area (Å²) >= 11 is 0. The van der Waals surface area contributed by atoms with Crippen molar-refractivity contribution in [2.75, 3.05) is 10.2 Å². The van der Waals surface area contributed by atoms with E-state index in [-0.39, 0.29) is 18.5 Å². The third kappa shape index (κ3) is 3.50. The van der Waals surface area contributed by atoms with Gasteiger partial charge in [-0.2, -0.15) is 0 Å². The van der Waals surface area contributed by atoms with E-state index in [1.165, 1.54) is 18.2 Å². The molecule has 1 aliphatic heterocycles. The summed E-state index contributed by atoms with van der Waals surface area (Å²) in [5, 5.41) is 13.5. The number of aliphatic carboxylic acids is 1. The SMILES string of the molecule is O=C([O-])Cc1ccc(N[C@@H]2CC(=O)N(c3ccccc3F)C2=O)cc1. The van der Waals surface area contributed by atoms with Gasteiger partial charge in [0.15, 0.2) is 0 Å². The quantitative estimate of drug-likeness (QED) is 0.815. The van der Waals surface area contributed by atoms with Crippen molar-refractivity contribution in [3.05, 3.63) is 59.9 Å². The molecule has 0 radical (unpaired) electrons. The van der Waals surface area contributed by atoms with Gasteiger partial charge in [-0.1, -0.05) is 24.3 Å². The number of carboxylic acid groups (broad SMARTS) is 1. The van der Waals surface area contributed by atoms with Crippen LogP contribution in [0.15, 0.2) is 48.5 Å². The molecule has 2 amide bonds. The highest BCUT2D eigenvalue weighted by Crippen LogP contribution is 2.27. The van der Waals surface area contributed by atoms with Gasteiger partial charge in [-0.15, -0.1) is 0 Å². The maximum absolute atomic E-state index is 13.9. The minimum Gasteiger partial charge on any atom is -0.550 e. The first kappa shape index (κ1) is 16.6. The summed E-state index contributed by atoms with van der Waals surface area (Å²) in [4.78, 5) is 36.0. The van der Waals surface area contributed by atoms with Crippen LogP contribution in [0.2, 0.25) is 0 Å². The fraction of sp³-hybridized carbons (Fsp3) is 0.167. The number of hydrogen-bond donors (Lipinski definition) is 1. The fourth-order valence-corrected chi connectivity index (χ4v) is 2.72. The van der Waals surface area contributed by atoms with Crippen molar-refractivity contribution >= 4 is 29.2 Å². The fourth-order valence-electron chi connectivity index (χ4n) is 2.72. The molecule has 2 aromatic carbocycles. The molecule has 1 heterocycles. The molecule has 0 saturated carbocycles. The maximum atomic E-state index is 13.9. The first-order valence-electron chi connectivity index (χ1n) is 7.62. The zero-order valence-electron chi connectivity index (χ0n) is 13.1. The second-order valence-electron chi connectivity index (χ2n) is 5.67. The number of carboxylic acids is 1. The largest absolute Gasteiger partial charge is 0.550 e. The van der Waals surface area contributed by atoms with E-state index in [4.69, 9.17) is 0 Å². The zero-order chi connectivity index (χ0) is 18.0. The van der Waals surface area contributed by atoms with Crippen molar-refractivity contribution in [2.45, 2.75) is 18.9 Å². The van der Waals surface area contributed by atoms with Crippen molar-refractivity contribution in [3.8, 4) is 0 Å². The molecule has 3 rings (SSSR count).